The van der Waals surface area contributed by atoms with E-state index >= 15 is 4.39 Å². The van der Waals surface area contributed by atoms with E-state index in [1.165, 1.54) is 23.6 Å². The molecule has 4 heterocycles. The summed E-state index contributed by atoms with van der Waals surface area (Å²) >= 11 is 0. The second-order valence-corrected chi connectivity index (χ2v) is 27.1. The molecule has 4 atom stereocenters. The molecule has 0 fully saturated rings. The first-order valence-corrected chi connectivity index (χ1v) is 36.7. The number of rotatable bonds is 42. The number of primary amides is 1. The second kappa shape index (κ2) is 40.6. The zero-order valence-electron chi connectivity index (χ0n) is 62.4. The number of aliphatic hydroxyl groups excluding tert-OH is 1. The lowest BCUT2D eigenvalue weighted by molar-refractivity contribution is -0.160. The summed E-state index contributed by atoms with van der Waals surface area (Å²) < 4.78 is 49.7. The molecule has 592 valence electrons. The van der Waals surface area contributed by atoms with E-state index < -0.39 is 103 Å². The number of aliphatic hydroxyl groups is 2. The maximum Gasteiger partial charge on any atom is 0.407 e. The molecule has 9 rings (SSSR count). The van der Waals surface area contributed by atoms with Crippen LogP contribution in [-0.4, -0.2) is 176 Å². The lowest BCUT2D eigenvalue weighted by Gasteiger charge is -2.29. The van der Waals surface area contributed by atoms with Crippen LogP contribution >= 0.6 is 0 Å². The van der Waals surface area contributed by atoms with Crippen LogP contribution in [0.15, 0.2) is 89.7 Å². The highest BCUT2D eigenvalue weighted by Crippen LogP contribution is 2.46. The van der Waals surface area contributed by atoms with E-state index in [-0.39, 0.29) is 156 Å². The van der Waals surface area contributed by atoms with Crippen LogP contribution in [0, 0.1) is 36.4 Å². The maximum absolute atomic E-state index is 15.4. The van der Waals surface area contributed by atoms with Gasteiger partial charge in [0.25, 0.3) is 5.56 Å². The van der Waals surface area contributed by atoms with Gasteiger partial charge in [0.05, 0.1) is 107 Å². The highest BCUT2D eigenvalue weighted by atomic mass is 19.1. The number of hydrogen-bond acceptors (Lipinski definition) is 20. The van der Waals surface area contributed by atoms with Gasteiger partial charge in [0.2, 0.25) is 35.4 Å². The summed E-state index contributed by atoms with van der Waals surface area (Å²) in [5.41, 5.74) is 8.10. The Labute approximate surface area is 639 Å². The quantitative estimate of drug-likeness (QED) is 0.0142. The molecule has 0 spiro atoms. The number of fused-ring (bicyclic) bond motifs is 6. The van der Waals surface area contributed by atoms with Gasteiger partial charge in [-0.1, -0.05) is 75.1 Å². The summed E-state index contributed by atoms with van der Waals surface area (Å²) in [5, 5.41) is 50.6. The van der Waals surface area contributed by atoms with Crippen LogP contribution < -0.4 is 53.4 Å². The van der Waals surface area contributed by atoms with E-state index in [4.69, 9.17) is 39.1 Å². The largest absolute Gasteiger partial charge is 0.479 e. The fourth-order valence-corrected chi connectivity index (χ4v) is 13.3. The number of Topliss-reactive ketones (excluding diaryl/α,β-unsaturated/α-hetero) is 1. The van der Waals surface area contributed by atoms with Crippen molar-refractivity contribution in [2.24, 2.45) is 17.6 Å². The number of carboxylic acids is 1. The molecule has 1 aliphatic carbocycles. The Bertz CT molecular complexity index is 4540. The molecule has 32 heteroatoms. The number of ketones is 1. The summed E-state index contributed by atoms with van der Waals surface area (Å²) in [6, 6.07) is 21.6. The number of nitrogens with zero attached hydrogens (tertiary/aromatic N) is 3. The molecule has 9 amide bonds. The molecule has 6 aromatic rings. The van der Waals surface area contributed by atoms with Crippen molar-refractivity contribution in [3.8, 4) is 23.2 Å². The molecular formula is C79H94FN11O20. The van der Waals surface area contributed by atoms with Gasteiger partial charge in [0.15, 0.2) is 11.4 Å². The molecular weight excluding hydrogens is 1440 g/mol. The number of nitrogens with two attached hydrogens (primary N) is 1. The number of benzene rings is 4. The van der Waals surface area contributed by atoms with Crippen LogP contribution in [-0.2, 0) is 105 Å². The number of carboxylic acid groups (broad SMARTS) is 1. The molecule has 3 aliphatic rings. The lowest BCUT2D eigenvalue weighted by Crippen LogP contribution is -2.45. The Hall–Kier alpha value is -11.1. The third kappa shape index (κ3) is 22.6. The number of alkyl carbamates (subject to hydrolysis) is 1. The zero-order valence-corrected chi connectivity index (χ0v) is 62.4. The fourth-order valence-electron chi connectivity index (χ4n) is 13.3. The molecule has 31 nitrogen and oxygen atoms in total. The first-order chi connectivity index (χ1) is 53.4. The van der Waals surface area contributed by atoms with Gasteiger partial charge in [0.1, 0.15) is 32.3 Å². The summed E-state index contributed by atoms with van der Waals surface area (Å²) in [6.07, 6.45) is -0.423. The van der Waals surface area contributed by atoms with Crippen molar-refractivity contribution in [1.29, 1.82) is 0 Å². The van der Waals surface area contributed by atoms with Crippen molar-refractivity contribution in [2.45, 2.75) is 129 Å². The predicted octanol–water partition coefficient (Wildman–Crippen LogP) is 4.57. The number of hydrogen-bond donors (Lipinski definition) is 11. The molecule has 4 aromatic carbocycles. The van der Waals surface area contributed by atoms with Gasteiger partial charge in [-0.2, -0.15) is 0 Å². The topological polar surface area (TPSA) is 435 Å². The summed E-state index contributed by atoms with van der Waals surface area (Å²) in [6.45, 7) is 6.51. The number of nitrogens with one attached hydrogen (secondary N) is 7. The number of carbonyl (C=O) groups is 10. The summed E-state index contributed by atoms with van der Waals surface area (Å²) in [5.74, 6) is -0.0756. The van der Waals surface area contributed by atoms with Gasteiger partial charge in [-0.15, -0.1) is 0 Å². The van der Waals surface area contributed by atoms with Crippen molar-refractivity contribution >= 4 is 81.6 Å². The Balaban J connectivity index is 0.624. The number of halogens is 1. The first kappa shape index (κ1) is 84.0. The summed E-state index contributed by atoms with van der Waals surface area (Å²) in [4.78, 5) is 150. The van der Waals surface area contributed by atoms with Crippen LogP contribution in [0.4, 0.5) is 25.4 Å². The Morgan fingerprint density at radius 2 is 1.44 bits per heavy atom. The number of para-hydroxylation sites is 1. The minimum atomic E-state index is -2.53. The minimum absolute atomic E-state index is 0.0200. The Morgan fingerprint density at radius 3 is 2.14 bits per heavy atom. The smallest absolute Gasteiger partial charge is 0.407 e. The van der Waals surface area contributed by atoms with E-state index in [1.54, 1.807) is 49.9 Å². The number of aromatic nitrogens is 2. The van der Waals surface area contributed by atoms with Gasteiger partial charge in [-0.25, -0.2) is 23.8 Å². The van der Waals surface area contributed by atoms with Crippen molar-refractivity contribution < 1.29 is 96.1 Å². The van der Waals surface area contributed by atoms with Gasteiger partial charge in [0, 0.05) is 89.6 Å². The molecule has 0 unspecified atom stereocenters. The highest BCUT2D eigenvalue weighted by molar-refractivity contribution is 5.99. The van der Waals surface area contributed by atoms with Gasteiger partial charge in [-0.3, -0.25) is 38.4 Å². The number of aryl methyl sites for hydroxylation is 1. The van der Waals surface area contributed by atoms with Gasteiger partial charge < -0.3 is 96.2 Å². The second-order valence-electron chi connectivity index (χ2n) is 27.1. The molecule has 12 N–H and O–H groups in total. The average Bonchev–Trinajstić information content (AvgIpc) is 1.59. The average molecular weight is 1540 g/mol. The predicted molar refractivity (Wildman–Crippen MR) is 401 cm³/mol. The maximum atomic E-state index is 15.4. The minimum Gasteiger partial charge on any atom is -0.479 e. The van der Waals surface area contributed by atoms with Crippen LogP contribution in [0.1, 0.15) is 134 Å². The van der Waals surface area contributed by atoms with Crippen molar-refractivity contribution in [2.75, 3.05) is 96.0 Å². The van der Waals surface area contributed by atoms with Crippen LogP contribution in [0.2, 0.25) is 0 Å². The SMILES string of the molecule is CC[C@@](O)(C(=O)O)c1cc2n(c(=O)c1CO)Cc1c-2nc2cc(F)c(C)c3c2c1[C@@H](NC(=O)COCNC(=O)CNC(=O)OCc1ccc(NC(=O)[C@H](CCCNC(N)=O)CC(=O)[C@@H](NC(=O)CCOCCOCCOCCOCCNC(=O)CCC(=O)N2Cc4ccccc4C#Cc4ccccc42)C(C)C)cc1)CC3. The molecule has 2 aliphatic heterocycles. The molecule has 0 saturated carbocycles. The molecule has 0 bridgehead atoms. The van der Waals surface area contributed by atoms with Gasteiger partial charge >= 0.3 is 18.1 Å². The first-order valence-electron chi connectivity index (χ1n) is 36.7. The highest BCUT2D eigenvalue weighted by Gasteiger charge is 2.42. The van der Waals surface area contributed by atoms with E-state index in [1.807, 2.05) is 48.5 Å². The fraction of sp³-hybridized carbons (Fsp3) is 0.443. The van der Waals surface area contributed by atoms with Crippen molar-refractivity contribution in [3.63, 3.8) is 0 Å². The zero-order chi connectivity index (χ0) is 79.7. The van der Waals surface area contributed by atoms with Crippen molar-refractivity contribution in [1.82, 2.24) is 41.5 Å². The van der Waals surface area contributed by atoms with Crippen LogP contribution in [0.3, 0.4) is 0 Å². The standard InChI is InChI=1S/C79H94FN11O20/c1-5-79(105,76(101)102)58-38-63-73-56(42-91(63)75(100)57(58)43-92)71-60(23-22-55-48(4)59(80)39-61(88-73)70(55)71)87-68(97)45-110-46-85-67(96)40-84-78(104)111-44-49-16-20-54(21-17-49)86-74(99)52(14-10-27-83-77(81)103)37-64(93)72(47(2)3)89-66(95)26-29-106-31-33-108-35-36-109-34-32-107-30-28-82-65(94)24-25-69(98)90-41-53-13-7-6-11-50(53)18-19-51-12-8-9-15-62(51)90/h6-9,11-13,15-17,20-21,38-39,47,52,60,72,92,105H,5,10,14,22-37,40-46H2,1-4H3,(H,82,94)(H,84,104)(H,85,96)(H,86,99)(H,87,97)(H,89,95)(H,101,102)(H3,81,83,103)/t52-,60+,72+,79+/m1/s1. The lowest BCUT2D eigenvalue weighted by atomic mass is 9.81. The van der Waals surface area contributed by atoms with Gasteiger partial charge in [-0.05, 0) is 109 Å². The molecule has 2 aromatic heterocycles. The van der Waals surface area contributed by atoms with E-state index in [2.05, 4.69) is 49.1 Å². The normalized spacial score (nSPS) is 14.1. The molecule has 0 radical (unpaired) electrons. The Kier molecular flexibility index (Phi) is 30.7. The third-order valence-corrected chi connectivity index (χ3v) is 19.2. The number of amides is 9. The van der Waals surface area contributed by atoms with Crippen LogP contribution in [0.5, 0.6) is 0 Å². The van der Waals surface area contributed by atoms with Crippen molar-refractivity contribution in [3.05, 3.63) is 157 Å². The number of urea groups is 1. The monoisotopic (exact) mass is 1540 g/mol. The number of ether oxygens (including phenoxy) is 6. The van der Waals surface area contributed by atoms with E-state index in [9.17, 15) is 68.1 Å². The summed E-state index contributed by atoms with van der Waals surface area (Å²) in [7, 11) is 0. The number of pyridine rings is 2. The van der Waals surface area contributed by atoms with Crippen LogP contribution in [0.25, 0.3) is 22.3 Å². The molecule has 111 heavy (non-hydrogen) atoms. The number of anilines is 2. The van der Waals surface area contributed by atoms with E-state index in [0.717, 1.165) is 16.7 Å². The van der Waals surface area contributed by atoms with E-state index in [0.29, 0.717) is 83.6 Å². The number of carbonyl (C=O) groups excluding carboxylic acids is 9. The third-order valence-electron chi connectivity index (χ3n) is 19.2. The number of aliphatic carboxylic acids is 1. The molecule has 0 saturated heterocycles. The Morgan fingerprint density at radius 1 is 0.757 bits per heavy atom.